The average molecular weight is 235 g/mol. The highest BCUT2D eigenvalue weighted by atomic mass is 15.4. The van der Waals surface area contributed by atoms with E-state index in [-0.39, 0.29) is 0 Å². The van der Waals surface area contributed by atoms with Crippen molar-refractivity contribution in [2.75, 3.05) is 24.5 Å². The summed E-state index contributed by atoms with van der Waals surface area (Å²) >= 11 is 0. The molecule has 5 heteroatoms. The molecule has 1 aromatic rings. The molecule has 2 heterocycles. The third-order valence-corrected chi connectivity index (χ3v) is 4.09. The molecule has 2 aliphatic rings. The molecule has 1 aromatic heterocycles. The molecule has 5 nitrogen and oxygen atoms in total. The van der Waals surface area contributed by atoms with Crippen molar-refractivity contribution in [2.45, 2.75) is 32.1 Å². The number of rotatable bonds is 3. The van der Waals surface area contributed by atoms with Gasteiger partial charge in [0.2, 0.25) is 5.95 Å². The summed E-state index contributed by atoms with van der Waals surface area (Å²) in [4.78, 5) is 6.91. The third-order valence-electron chi connectivity index (χ3n) is 4.09. The summed E-state index contributed by atoms with van der Waals surface area (Å²) in [5, 5.41) is 7.45. The molecule has 3 N–H and O–H groups in total. The fourth-order valence-electron chi connectivity index (χ4n) is 2.71. The van der Waals surface area contributed by atoms with Crippen molar-refractivity contribution in [2.24, 2.45) is 17.6 Å². The first-order valence-corrected chi connectivity index (χ1v) is 6.65. The first kappa shape index (κ1) is 11.0. The molecular weight excluding hydrogens is 214 g/mol. The molecule has 0 spiro atoms. The summed E-state index contributed by atoms with van der Waals surface area (Å²) in [6.07, 6.45) is 3.69. The fraction of sp³-hybridized carbons (Fsp3) is 0.833. The number of hydrogen-bond donors (Lipinski definition) is 2. The summed E-state index contributed by atoms with van der Waals surface area (Å²) in [7, 11) is 0. The van der Waals surface area contributed by atoms with E-state index in [2.05, 4.69) is 27.0 Å². The molecule has 17 heavy (non-hydrogen) atoms. The van der Waals surface area contributed by atoms with E-state index in [9.17, 15) is 0 Å². The number of aromatic amines is 1. The molecule has 3 atom stereocenters. The predicted octanol–water partition coefficient (Wildman–Crippen LogP) is 1.10. The van der Waals surface area contributed by atoms with Crippen molar-refractivity contribution >= 4 is 5.95 Å². The topological polar surface area (TPSA) is 70.8 Å². The van der Waals surface area contributed by atoms with Gasteiger partial charge in [0.25, 0.3) is 0 Å². The highest BCUT2D eigenvalue weighted by Crippen LogP contribution is 2.45. The third kappa shape index (κ3) is 2.16. The molecule has 1 aliphatic carbocycles. The summed E-state index contributed by atoms with van der Waals surface area (Å²) in [5.41, 5.74) is 5.75. The van der Waals surface area contributed by atoms with Crippen molar-refractivity contribution in [1.82, 2.24) is 15.2 Å². The van der Waals surface area contributed by atoms with Gasteiger partial charge in [-0.25, -0.2) is 0 Å². The predicted molar refractivity (Wildman–Crippen MR) is 66.9 cm³/mol. The number of nitrogens with one attached hydrogen (secondary N) is 1. The van der Waals surface area contributed by atoms with Gasteiger partial charge >= 0.3 is 0 Å². The minimum Gasteiger partial charge on any atom is -0.339 e. The molecule has 1 aliphatic heterocycles. The Morgan fingerprint density at radius 2 is 2.35 bits per heavy atom. The molecule has 94 valence electrons. The van der Waals surface area contributed by atoms with Crippen LogP contribution in [-0.2, 0) is 0 Å². The zero-order valence-electron chi connectivity index (χ0n) is 10.4. The molecule has 0 radical (unpaired) electrons. The Hall–Kier alpha value is -1.10. The lowest BCUT2D eigenvalue weighted by atomic mass is 9.99. The smallest absolute Gasteiger partial charge is 0.244 e. The van der Waals surface area contributed by atoms with Crippen molar-refractivity contribution in [1.29, 1.82) is 0 Å². The number of piperidine rings is 1. The molecular formula is C12H21N5. The number of H-pyrrole nitrogens is 1. The van der Waals surface area contributed by atoms with Crippen molar-refractivity contribution < 1.29 is 0 Å². The van der Waals surface area contributed by atoms with E-state index in [0.29, 0.717) is 11.8 Å². The first-order valence-electron chi connectivity index (χ1n) is 6.65. The van der Waals surface area contributed by atoms with Crippen LogP contribution in [0.25, 0.3) is 0 Å². The molecule has 1 saturated heterocycles. The summed E-state index contributed by atoms with van der Waals surface area (Å²) in [6, 6.07) is 0. The van der Waals surface area contributed by atoms with Crippen LogP contribution in [0, 0.1) is 11.8 Å². The number of hydrogen-bond acceptors (Lipinski definition) is 4. The minimum atomic E-state index is 0.602. The Labute approximate surface area is 102 Å². The average Bonchev–Trinajstić information content (AvgIpc) is 2.92. The van der Waals surface area contributed by atoms with Gasteiger partial charge in [-0.15, -0.1) is 5.10 Å². The van der Waals surface area contributed by atoms with Crippen LogP contribution in [0.1, 0.15) is 37.9 Å². The maximum atomic E-state index is 5.75. The number of nitrogens with two attached hydrogens (primary N) is 1. The molecule has 2 fully saturated rings. The largest absolute Gasteiger partial charge is 0.339 e. The lowest BCUT2D eigenvalue weighted by molar-refractivity contribution is 0.419. The summed E-state index contributed by atoms with van der Waals surface area (Å²) < 4.78 is 0. The SMILES string of the molecule is CC1CC1c1nc(N2CCCC(CN)C2)n[nH]1. The van der Waals surface area contributed by atoms with Crippen LogP contribution in [0.5, 0.6) is 0 Å². The van der Waals surface area contributed by atoms with Gasteiger partial charge in [0, 0.05) is 19.0 Å². The zero-order valence-corrected chi connectivity index (χ0v) is 10.4. The number of aromatic nitrogens is 3. The van der Waals surface area contributed by atoms with Crippen LogP contribution < -0.4 is 10.6 Å². The number of nitrogens with zero attached hydrogens (tertiary/aromatic N) is 3. The molecule has 0 bridgehead atoms. The van der Waals surface area contributed by atoms with Gasteiger partial charge in [0.15, 0.2) is 0 Å². The maximum absolute atomic E-state index is 5.75. The Morgan fingerprint density at radius 1 is 1.53 bits per heavy atom. The van der Waals surface area contributed by atoms with Crippen LogP contribution >= 0.6 is 0 Å². The Morgan fingerprint density at radius 3 is 3.06 bits per heavy atom. The summed E-state index contributed by atoms with van der Waals surface area (Å²) in [6.45, 7) is 5.10. The van der Waals surface area contributed by atoms with Gasteiger partial charge < -0.3 is 10.6 Å². The standard InChI is InChI=1S/C12H21N5/c1-8-5-10(8)11-14-12(16-15-11)17-4-2-3-9(6-13)7-17/h8-10H,2-7,13H2,1H3,(H,14,15,16). The van der Waals surface area contributed by atoms with E-state index in [1.165, 1.54) is 19.3 Å². The van der Waals surface area contributed by atoms with Crippen LogP contribution in [0.15, 0.2) is 0 Å². The van der Waals surface area contributed by atoms with E-state index >= 15 is 0 Å². The van der Waals surface area contributed by atoms with Crippen molar-refractivity contribution in [3.8, 4) is 0 Å². The van der Waals surface area contributed by atoms with E-state index in [1.54, 1.807) is 0 Å². The van der Waals surface area contributed by atoms with Crippen LogP contribution in [0.3, 0.4) is 0 Å². The van der Waals surface area contributed by atoms with Gasteiger partial charge in [-0.3, -0.25) is 5.10 Å². The normalized spacial score (nSPS) is 32.8. The Bertz CT molecular complexity index is 388. The van der Waals surface area contributed by atoms with Crippen molar-refractivity contribution in [3.05, 3.63) is 5.82 Å². The van der Waals surface area contributed by atoms with Crippen molar-refractivity contribution in [3.63, 3.8) is 0 Å². The molecule has 0 amide bonds. The number of anilines is 1. The first-order chi connectivity index (χ1) is 8.28. The minimum absolute atomic E-state index is 0.602. The zero-order chi connectivity index (χ0) is 11.8. The van der Waals surface area contributed by atoms with E-state index in [0.717, 1.165) is 37.3 Å². The molecule has 1 saturated carbocycles. The molecule has 3 unspecified atom stereocenters. The lowest BCUT2D eigenvalue weighted by Gasteiger charge is -2.31. The highest BCUT2D eigenvalue weighted by Gasteiger charge is 2.37. The second kappa shape index (κ2) is 4.29. The Balaban J connectivity index is 1.68. The summed E-state index contributed by atoms with van der Waals surface area (Å²) in [5.74, 6) is 3.94. The van der Waals surface area contributed by atoms with E-state index in [4.69, 9.17) is 5.73 Å². The maximum Gasteiger partial charge on any atom is 0.244 e. The molecule has 0 aromatic carbocycles. The van der Waals surface area contributed by atoms with Crippen LogP contribution in [-0.4, -0.2) is 34.8 Å². The second-order valence-corrected chi connectivity index (χ2v) is 5.53. The Kier molecular flexibility index (Phi) is 2.78. The monoisotopic (exact) mass is 235 g/mol. The second-order valence-electron chi connectivity index (χ2n) is 5.53. The van der Waals surface area contributed by atoms with E-state index < -0.39 is 0 Å². The quantitative estimate of drug-likeness (QED) is 0.823. The van der Waals surface area contributed by atoms with Crippen LogP contribution in [0.4, 0.5) is 5.95 Å². The van der Waals surface area contributed by atoms with Gasteiger partial charge in [0.1, 0.15) is 5.82 Å². The van der Waals surface area contributed by atoms with Gasteiger partial charge in [-0.05, 0) is 37.6 Å². The van der Waals surface area contributed by atoms with Gasteiger partial charge in [0.05, 0.1) is 0 Å². The van der Waals surface area contributed by atoms with E-state index in [1.807, 2.05) is 0 Å². The fourth-order valence-corrected chi connectivity index (χ4v) is 2.71. The van der Waals surface area contributed by atoms with Gasteiger partial charge in [-0.1, -0.05) is 6.92 Å². The van der Waals surface area contributed by atoms with Gasteiger partial charge in [-0.2, -0.15) is 4.98 Å². The lowest BCUT2D eigenvalue weighted by Crippen LogP contribution is -2.38. The molecule has 3 rings (SSSR count). The van der Waals surface area contributed by atoms with Crippen LogP contribution in [0.2, 0.25) is 0 Å². The highest BCUT2D eigenvalue weighted by molar-refractivity contribution is 5.31.